The van der Waals surface area contributed by atoms with E-state index in [0.717, 1.165) is 41.5 Å². The van der Waals surface area contributed by atoms with Crippen LogP contribution in [0.15, 0.2) is 54.6 Å². The average Bonchev–Trinajstić information content (AvgIpc) is 3.41. The van der Waals surface area contributed by atoms with Crippen molar-refractivity contribution < 1.29 is 4.79 Å². The summed E-state index contributed by atoms with van der Waals surface area (Å²) in [5.74, 6) is -0.145. The van der Waals surface area contributed by atoms with Gasteiger partial charge in [0.05, 0.1) is 17.9 Å². The quantitative estimate of drug-likeness (QED) is 0.541. The smallest absolute Gasteiger partial charge is 0.268 e. The molecule has 140 valence electrons. The number of aromatic amines is 1. The van der Waals surface area contributed by atoms with Crippen LogP contribution in [0.5, 0.6) is 0 Å². The molecule has 0 saturated carbocycles. The van der Waals surface area contributed by atoms with E-state index in [0.29, 0.717) is 17.3 Å². The Morgan fingerprint density at radius 3 is 2.86 bits per heavy atom. The number of para-hydroxylation sites is 1. The lowest BCUT2D eigenvalue weighted by atomic mass is 10.2. The van der Waals surface area contributed by atoms with E-state index >= 15 is 0 Å². The fraction of sp³-hybridized carbons (Fsp3) is 0.182. The first-order valence-electron chi connectivity index (χ1n) is 9.40. The zero-order valence-corrected chi connectivity index (χ0v) is 16.0. The molecule has 2 aromatic carbocycles. The van der Waals surface area contributed by atoms with Gasteiger partial charge in [0.15, 0.2) is 0 Å². The van der Waals surface area contributed by atoms with E-state index in [2.05, 4.69) is 22.4 Å². The summed E-state index contributed by atoms with van der Waals surface area (Å²) >= 11 is 6.03. The molecule has 1 amide bonds. The first-order chi connectivity index (χ1) is 13.7. The minimum atomic E-state index is -0.145. The van der Waals surface area contributed by atoms with Gasteiger partial charge in [-0.1, -0.05) is 29.8 Å². The van der Waals surface area contributed by atoms with Crippen molar-refractivity contribution >= 4 is 28.4 Å². The van der Waals surface area contributed by atoms with Crippen LogP contribution >= 0.6 is 11.6 Å². The lowest BCUT2D eigenvalue weighted by molar-refractivity contribution is 0.0946. The van der Waals surface area contributed by atoms with Gasteiger partial charge >= 0.3 is 0 Å². The Balaban J connectivity index is 1.38. The van der Waals surface area contributed by atoms with Crippen molar-refractivity contribution in [3.63, 3.8) is 0 Å². The van der Waals surface area contributed by atoms with Crippen LogP contribution in [0.3, 0.4) is 0 Å². The van der Waals surface area contributed by atoms with Crippen molar-refractivity contribution in [2.75, 3.05) is 0 Å². The molecule has 0 saturated heterocycles. The van der Waals surface area contributed by atoms with Crippen molar-refractivity contribution in [1.82, 2.24) is 20.1 Å². The SMILES string of the molecule is O=C(NCc1nn(-c2ccccc2)c2c1CCC2)c1cc2cc(Cl)ccc2[nH]1. The van der Waals surface area contributed by atoms with Crippen LogP contribution in [0.1, 0.15) is 33.9 Å². The second kappa shape index (κ2) is 6.84. The van der Waals surface area contributed by atoms with E-state index in [9.17, 15) is 4.79 Å². The lowest BCUT2D eigenvalue weighted by Gasteiger charge is -2.05. The Kier molecular flexibility index (Phi) is 4.17. The van der Waals surface area contributed by atoms with Crippen molar-refractivity contribution in [3.05, 3.63) is 82.3 Å². The van der Waals surface area contributed by atoms with E-state index in [1.807, 2.05) is 47.1 Å². The highest BCUT2D eigenvalue weighted by Gasteiger charge is 2.23. The van der Waals surface area contributed by atoms with E-state index in [-0.39, 0.29) is 5.91 Å². The third-order valence-corrected chi connectivity index (χ3v) is 5.49. The molecule has 0 unspecified atom stereocenters. The summed E-state index contributed by atoms with van der Waals surface area (Å²) in [6.45, 7) is 0.414. The summed E-state index contributed by atoms with van der Waals surface area (Å²) in [4.78, 5) is 15.8. The first-order valence-corrected chi connectivity index (χ1v) is 9.78. The summed E-state index contributed by atoms with van der Waals surface area (Å²) in [6, 6.07) is 17.5. The zero-order chi connectivity index (χ0) is 19.1. The number of halogens is 1. The van der Waals surface area contributed by atoms with Crippen molar-refractivity contribution in [2.45, 2.75) is 25.8 Å². The number of carbonyl (C=O) groups excluding carboxylic acids is 1. The standard InChI is InChI=1S/C22H19ClN4O/c23-15-9-10-18-14(11-15)12-19(25-18)22(28)24-13-20-17-7-4-8-21(17)27(26-20)16-5-2-1-3-6-16/h1-3,5-6,9-12,25H,4,7-8,13H2,(H,24,28). The average molecular weight is 391 g/mol. The second-order valence-electron chi connectivity index (χ2n) is 7.07. The molecule has 28 heavy (non-hydrogen) atoms. The van der Waals surface area contributed by atoms with Crippen LogP contribution in [-0.2, 0) is 19.4 Å². The van der Waals surface area contributed by atoms with Gasteiger partial charge in [-0.25, -0.2) is 4.68 Å². The maximum Gasteiger partial charge on any atom is 0.268 e. The normalized spacial score (nSPS) is 13.0. The summed E-state index contributed by atoms with van der Waals surface area (Å²) in [6.07, 6.45) is 3.16. The predicted octanol–water partition coefficient (Wildman–Crippen LogP) is 4.43. The molecule has 0 bridgehead atoms. The summed E-state index contributed by atoms with van der Waals surface area (Å²) in [5.41, 5.74) is 5.96. The number of H-pyrrole nitrogens is 1. The number of amides is 1. The molecule has 5 rings (SSSR count). The largest absolute Gasteiger partial charge is 0.351 e. The number of benzene rings is 2. The van der Waals surface area contributed by atoms with Crippen LogP contribution in [0, 0.1) is 0 Å². The Bertz CT molecular complexity index is 1180. The fourth-order valence-electron chi connectivity index (χ4n) is 3.92. The number of aromatic nitrogens is 3. The number of fused-ring (bicyclic) bond motifs is 2. The molecule has 1 aliphatic rings. The van der Waals surface area contributed by atoms with Gasteiger partial charge in [-0.15, -0.1) is 0 Å². The summed E-state index contributed by atoms with van der Waals surface area (Å²) < 4.78 is 2.02. The van der Waals surface area contributed by atoms with Crippen LogP contribution < -0.4 is 5.32 Å². The van der Waals surface area contributed by atoms with Gasteiger partial charge in [-0.3, -0.25) is 4.79 Å². The molecule has 2 heterocycles. The van der Waals surface area contributed by atoms with E-state index in [4.69, 9.17) is 16.7 Å². The monoisotopic (exact) mass is 390 g/mol. The molecule has 0 radical (unpaired) electrons. The van der Waals surface area contributed by atoms with Crippen molar-refractivity contribution in [3.8, 4) is 5.69 Å². The second-order valence-corrected chi connectivity index (χ2v) is 7.51. The van der Waals surface area contributed by atoms with Gasteiger partial charge in [0, 0.05) is 21.6 Å². The van der Waals surface area contributed by atoms with Gasteiger partial charge in [0.25, 0.3) is 5.91 Å². The Labute approximate surface area is 167 Å². The Hall–Kier alpha value is -3.05. The molecule has 6 heteroatoms. The highest BCUT2D eigenvalue weighted by atomic mass is 35.5. The van der Waals surface area contributed by atoms with Crippen molar-refractivity contribution in [1.29, 1.82) is 0 Å². The molecule has 0 aliphatic heterocycles. The van der Waals surface area contributed by atoms with Crippen LogP contribution in [0.2, 0.25) is 5.02 Å². The number of rotatable bonds is 4. The number of carbonyl (C=O) groups is 1. The third kappa shape index (κ3) is 2.98. The van der Waals surface area contributed by atoms with Crippen LogP contribution in [-0.4, -0.2) is 20.7 Å². The summed E-state index contributed by atoms with van der Waals surface area (Å²) in [5, 5.41) is 9.38. The molecule has 1 aliphatic carbocycles. The Morgan fingerprint density at radius 1 is 1.14 bits per heavy atom. The molecule has 4 aromatic rings. The molecular weight excluding hydrogens is 372 g/mol. The molecule has 2 aromatic heterocycles. The topological polar surface area (TPSA) is 62.7 Å². The number of hydrogen-bond acceptors (Lipinski definition) is 2. The molecular formula is C22H19ClN4O. The zero-order valence-electron chi connectivity index (χ0n) is 15.2. The lowest BCUT2D eigenvalue weighted by Crippen LogP contribution is -2.23. The van der Waals surface area contributed by atoms with Gasteiger partial charge in [-0.05, 0) is 61.2 Å². The van der Waals surface area contributed by atoms with Gasteiger partial charge < -0.3 is 10.3 Å². The van der Waals surface area contributed by atoms with Gasteiger partial charge in [0.2, 0.25) is 0 Å². The van der Waals surface area contributed by atoms with E-state index in [1.165, 1.54) is 11.3 Å². The molecule has 5 nitrogen and oxygen atoms in total. The van der Waals surface area contributed by atoms with Gasteiger partial charge in [-0.2, -0.15) is 5.10 Å². The fourth-order valence-corrected chi connectivity index (χ4v) is 4.10. The number of hydrogen-bond donors (Lipinski definition) is 2. The minimum absolute atomic E-state index is 0.145. The van der Waals surface area contributed by atoms with E-state index in [1.54, 1.807) is 0 Å². The van der Waals surface area contributed by atoms with Crippen LogP contribution in [0.25, 0.3) is 16.6 Å². The highest BCUT2D eigenvalue weighted by Crippen LogP contribution is 2.28. The maximum atomic E-state index is 12.6. The highest BCUT2D eigenvalue weighted by molar-refractivity contribution is 6.31. The van der Waals surface area contributed by atoms with Gasteiger partial charge in [0.1, 0.15) is 5.69 Å². The number of nitrogens with one attached hydrogen (secondary N) is 2. The molecule has 0 fully saturated rings. The van der Waals surface area contributed by atoms with Crippen molar-refractivity contribution in [2.24, 2.45) is 0 Å². The number of nitrogens with zero attached hydrogens (tertiary/aromatic N) is 2. The molecule has 0 spiro atoms. The predicted molar refractivity (Wildman–Crippen MR) is 110 cm³/mol. The summed E-state index contributed by atoms with van der Waals surface area (Å²) in [7, 11) is 0. The maximum absolute atomic E-state index is 12.6. The molecule has 2 N–H and O–H groups in total. The minimum Gasteiger partial charge on any atom is -0.351 e. The van der Waals surface area contributed by atoms with Crippen LogP contribution in [0.4, 0.5) is 0 Å². The molecule has 0 atom stereocenters. The van der Waals surface area contributed by atoms with E-state index < -0.39 is 0 Å². The third-order valence-electron chi connectivity index (χ3n) is 5.26. The Morgan fingerprint density at radius 2 is 2.00 bits per heavy atom. The first kappa shape index (κ1) is 17.1.